The summed E-state index contributed by atoms with van der Waals surface area (Å²) in [6.45, 7) is 0. The van der Waals surface area contributed by atoms with Crippen LogP contribution in [-0.4, -0.2) is 16.4 Å². The van der Waals surface area contributed by atoms with Crippen LogP contribution in [0.25, 0.3) is 0 Å². The van der Waals surface area contributed by atoms with E-state index in [1.807, 2.05) is 0 Å². The molecule has 0 radical (unpaired) electrons. The normalized spacial score (nSPS) is 2.18. The Kier molecular flexibility index (Phi) is 257. The summed E-state index contributed by atoms with van der Waals surface area (Å²) < 4.78 is 0. The molecule has 0 aliphatic carbocycles. The minimum absolute atomic E-state index is 0. The Morgan fingerprint density at radius 3 is 0.727 bits per heavy atom. The molecule has 0 aromatic rings. The zero-order valence-corrected chi connectivity index (χ0v) is 17.6. The largest absolute Gasteiger partial charge is 2.00 e. The van der Waals surface area contributed by atoms with E-state index >= 15 is 0 Å². The molecule has 0 unspecified atom stereocenters. The number of carboxylic acid groups (broad SMARTS) is 2. The molecular weight excluding hydrogens is 207 g/mol. The second-order valence-electron chi connectivity index (χ2n) is 0.283. The molecule has 0 fully saturated rings. The molecule has 0 saturated heterocycles. The minimum Gasteiger partial charge on any atom is -2.00 e. The van der Waals surface area contributed by atoms with Crippen LogP contribution in [0.15, 0.2) is 0 Å². The smallest absolute Gasteiger partial charge is 1.00 e. The van der Waals surface area contributed by atoms with Crippen molar-refractivity contribution in [3.63, 3.8) is 0 Å². The van der Waals surface area contributed by atoms with E-state index in [1.165, 1.54) is 0 Å². The van der Waals surface area contributed by atoms with Gasteiger partial charge in [-0.05, 0) is 0 Å². The predicted molar refractivity (Wildman–Crippen MR) is 12.0 cm³/mol. The van der Waals surface area contributed by atoms with E-state index in [0.717, 1.165) is 0 Å². The van der Waals surface area contributed by atoms with Crippen molar-refractivity contribution in [3.8, 4) is 0 Å². The average molecular weight is 209 g/mol. The van der Waals surface area contributed by atoms with Crippen molar-refractivity contribution >= 4 is 6.16 Å². The van der Waals surface area contributed by atoms with Gasteiger partial charge in [-0.15, -0.1) is 0 Å². The molecule has 2 N–H and O–H groups in total. The summed E-state index contributed by atoms with van der Waals surface area (Å²) in [5.74, 6) is 0. The second-order valence-corrected chi connectivity index (χ2v) is 0.283. The predicted octanol–water partition coefficient (Wildman–Crippen LogP) is -15.0. The van der Waals surface area contributed by atoms with Crippen LogP contribution in [0.5, 0.6) is 0 Å². The maximum absolute atomic E-state index is 8.56. The zero-order chi connectivity index (χ0) is 3.58. The van der Waals surface area contributed by atoms with Gasteiger partial charge in [0.25, 0.3) is 0 Å². The van der Waals surface area contributed by atoms with Crippen LogP contribution >= 0.6 is 0 Å². The molecule has 11 heavy (non-hydrogen) atoms. The van der Waals surface area contributed by atoms with Crippen LogP contribution in [-0.2, 0) is 11.0 Å². The molecule has 40 valence electrons. The van der Waals surface area contributed by atoms with Crippen molar-refractivity contribution in [1.29, 1.82) is 0 Å². The summed E-state index contributed by atoms with van der Waals surface area (Å²) in [5.41, 5.74) is 0. The Hall–Kier alpha value is 4.19. The van der Waals surface area contributed by atoms with Crippen LogP contribution in [0, 0.1) is 0 Å². The third-order valence-corrected chi connectivity index (χ3v) is 0. The molecular formula is CH2Na5O5+. The molecule has 0 aliphatic rings. The molecule has 0 rings (SSSR count). The van der Waals surface area contributed by atoms with E-state index in [0.29, 0.717) is 0 Å². The summed E-state index contributed by atoms with van der Waals surface area (Å²) in [6.07, 6.45) is -1.83. The van der Waals surface area contributed by atoms with Gasteiger partial charge in [-0.3, -0.25) is 0 Å². The third-order valence-electron chi connectivity index (χ3n) is 0. The van der Waals surface area contributed by atoms with Gasteiger partial charge in [0.1, 0.15) is 0 Å². The zero-order valence-electron chi connectivity index (χ0n) is 7.62. The molecule has 0 bridgehead atoms. The van der Waals surface area contributed by atoms with Crippen LogP contribution in [0.2, 0.25) is 0 Å². The SMILES string of the molecule is O=C(O)O.[Na+].[Na+].[Na+].[Na+].[Na+].[O-2].[O-2]. The maximum Gasteiger partial charge on any atom is 1.00 e. The Morgan fingerprint density at radius 1 is 0.727 bits per heavy atom. The Bertz CT molecular complexity index is 37.9. The van der Waals surface area contributed by atoms with Gasteiger partial charge in [-0.2, -0.15) is 0 Å². The van der Waals surface area contributed by atoms with Crippen LogP contribution in [0.3, 0.4) is 0 Å². The first-order valence-corrected chi connectivity index (χ1v) is 0.651. The molecule has 0 atom stereocenters. The first-order chi connectivity index (χ1) is 1.73. The molecule has 5 nitrogen and oxygen atoms in total. The number of hydrogen-bond donors (Lipinski definition) is 2. The van der Waals surface area contributed by atoms with Crippen molar-refractivity contribution in [1.82, 2.24) is 0 Å². The molecule has 0 aromatic carbocycles. The van der Waals surface area contributed by atoms with Gasteiger partial charge >= 0.3 is 154 Å². The minimum atomic E-state index is -1.83. The van der Waals surface area contributed by atoms with Crippen LogP contribution < -0.4 is 148 Å². The number of hydrogen-bond acceptors (Lipinski definition) is 1. The fourth-order valence-electron chi connectivity index (χ4n) is 0. The first kappa shape index (κ1) is 59.2. The van der Waals surface area contributed by atoms with Crippen molar-refractivity contribution in [2.75, 3.05) is 0 Å². The summed E-state index contributed by atoms with van der Waals surface area (Å²) in [7, 11) is 0. The molecule has 0 aliphatic heterocycles. The third kappa shape index (κ3) is 120. The monoisotopic (exact) mass is 209 g/mol. The van der Waals surface area contributed by atoms with Crippen LogP contribution in [0.1, 0.15) is 0 Å². The van der Waals surface area contributed by atoms with Crippen molar-refractivity contribution in [2.24, 2.45) is 0 Å². The summed E-state index contributed by atoms with van der Waals surface area (Å²) in [6, 6.07) is 0. The fourth-order valence-corrected chi connectivity index (χ4v) is 0. The topological polar surface area (TPSA) is 115 Å². The molecule has 0 heterocycles. The first-order valence-electron chi connectivity index (χ1n) is 0.651. The molecule has 10 heteroatoms. The van der Waals surface area contributed by atoms with Gasteiger partial charge < -0.3 is 21.2 Å². The fraction of sp³-hybridized carbons (Fsp3) is 0. The molecule has 0 amide bonds. The van der Waals surface area contributed by atoms with Crippen molar-refractivity contribution < 1.29 is 174 Å². The van der Waals surface area contributed by atoms with E-state index in [9.17, 15) is 0 Å². The van der Waals surface area contributed by atoms with Gasteiger partial charge in [-0.25, -0.2) is 4.79 Å². The maximum atomic E-state index is 8.56. The second kappa shape index (κ2) is 47.8. The Balaban J connectivity index is -0.00000000214. The van der Waals surface area contributed by atoms with E-state index in [4.69, 9.17) is 15.0 Å². The van der Waals surface area contributed by atoms with Gasteiger partial charge in [0.15, 0.2) is 0 Å². The van der Waals surface area contributed by atoms with E-state index in [1.54, 1.807) is 0 Å². The van der Waals surface area contributed by atoms with Crippen molar-refractivity contribution in [3.05, 3.63) is 0 Å². The Labute approximate surface area is 176 Å². The van der Waals surface area contributed by atoms with Gasteiger partial charge in [0.05, 0.1) is 0 Å². The number of carbonyl (C=O) groups is 1. The Morgan fingerprint density at radius 2 is 0.727 bits per heavy atom. The van der Waals surface area contributed by atoms with Crippen LogP contribution in [0.4, 0.5) is 4.79 Å². The molecule has 0 aromatic heterocycles. The van der Waals surface area contributed by atoms with E-state index in [2.05, 4.69) is 0 Å². The average Bonchev–Trinajstić information content (AvgIpc) is 0.811. The van der Waals surface area contributed by atoms with E-state index in [-0.39, 0.29) is 159 Å². The quantitative estimate of drug-likeness (QED) is 0.386. The number of rotatable bonds is 0. The standard InChI is InChI=1S/CH2O3.5Na.2O/c2-1(3)4;;;;;;;/h(H2,2,3,4);;;;;;;/q;5*+1;2*-2. The van der Waals surface area contributed by atoms with Gasteiger partial charge in [-0.1, -0.05) is 0 Å². The summed E-state index contributed by atoms with van der Waals surface area (Å²) in [5, 5.41) is 13.9. The van der Waals surface area contributed by atoms with Gasteiger partial charge in [0.2, 0.25) is 0 Å². The summed E-state index contributed by atoms with van der Waals surface area (Å²) >= 11 is 0. The molecule has 0 spiro atoms. The molecule has 0 saturated carbocycles. The summed E-state index contributed by atoms with van der Waals surface area (Å²) in [4.78, 5) is 8.56. The van der Waals surface area contributed by atoms with Crippen molar-refractivity contribution in [2.45, 2.75) is 0 Å². The van der Waals surface area contributed by atoms with Gasteiger partial charge in [0, 0.05) is 0 Å². The van der Waals surface area contributed by atoms with E-state index < -0.39 is 6.16 Å².